The average Bonchev–Trinajstić information content (AvgIpc) is 2.78. The molecule has 0 spiro atoms. The molecule has 0 amide bonds. The van der Waals surface area contributed by atoms with Crippen LogP contribution >= 0.6 is 0 Å². The van der Waals surface area contributed by atoms with E-state index in [2.05, 4.69) is 6.92 Å². The van der Waals surface area contributed by atoms with Crippen molar-refractivity contribution in [2.45, 2.75) is 142 Å². The van der Waals surface area contributed by atoms with Crippen LogP contribution in [0.25, 0.3) is 0 Å². The predicted molar refractivity (Wildman–Crippen MR) is 149 cm³/mol. The molecule has 206 valence electrons. The number of rotatable bonds is 23. The summed E-state index contributed by atoms with van der Waals surface area (Å²) in [4.78, 5) is 0. The molecule has 0 aliphatic carbocycles. The minimum Gasteiger partial charge on any atom is -0.344 e. The Morgan fingerprint density at radius 1 is 0.657 bits per heavy atom. The van der Waals surface area contributed by atoms with E-state index in [0.29, 0.717) is 6.42 Å². The lowest BCUT2D eigenvalue weighted by atomic mass is 9.99. The maximum absolute atomic E-state index is 12.2. The Labute approximate surface area is 217 Å². The first kappa shape index (κ1) is 34.0. The zero-order valence-electron chi connectivity index (χ0n) is 23.1. The minimum absolute atomic E-state index is 0. The van der Waals surface area contributed by atoms with Crippen molar-refractivity contribution < 1.29 is 16.8 Å². The van der Waals surface area contributed by atoms with Gasteiger partial charge in [-0.15, -0.1) is 0 Å². The van der Waals surface area contributed by atoms with Gasteiger partial charge in [-0.1, -0.05) is 140 Å². The van der Waals surface area contributed by atoms with Crippen LogP contribution in [0.15, 0.2) is 30.3 Å². The first-order valence-electron chi connectivity index (χ1n) is 14.0. The van der Waals surface area contributed by atoms with Gasteiger partial charge in [0.05, 0.1) is 12.2 Å². The van der Waals surface area contributed by atoms with Gasteiger partial charge in [-0.05, 0) is 25.8 Å². The molecule has 0 radical (unpaired) electrons. The first-order valence-corrected chi connectivity index (χ1v) is 15.3. The van der Waals surface area contributed by atoms with Crippen LogP contribution in [0.3, 0.4) is 0 Å². The van der Waals surface area contributed by atoms with E-state index in [9.17, 15) is 8.42 Å². The Bertz CT molecular complexity index is 692. The van der Waals surface area contributed by atoms with Gasteiger partial charge < -0.3 is 6.15 Å². The van der Waals surface area contributed by atoms with Gasteiger partial charge in [0, 0.05) is 6.42 Å². The first-order chi connectivity index (χ1) is 16.3. The third-order valence-electron chi connectivity index (χ3n) is 6.28. The van der Waals surface area contributed by atoms with Crippen LogP contribution in [-0.2, 0) is 25.2 Å². The van der Waals surface area contributed by atoms with Crippen molar-refractivity contribution in [3.8, 4) is 0 Å². The molecule has 0 aromatic heterocycles. The second kappa shape index (κ2) is 21.2. The fourth-order valence-electron chi connectivity index (χ4n) is 4.41. The zero-order chi connectivity index (χ0) is 25.0. The number of hydrogen-bond donors (Lipinski definition) is 1. The Balaban J connectivity index is 0.0000116. The summed E-state index contributed by atoms with van der Waals surface area (Å²) in [6.07, 6.45) is 22.6. The third kappa shape index (κ3) is 20.9. The molecule has 0 aliphatic rings. The lowest BCUT2D eigenvalue weighted by molar-refractivity contribution is 0.0864. The summed E-state index contributed by atoms with van der Waals surface area (Å²) in [6, 6.07) is 9.75. The van der Waals surface area contributed by atoms with E-state index in [1.54, 1.807) is 13.8 Å². The normalized spacial score (nSPS) is 12.0. The maximum atomic E-state index is 12.2. The fraction of sp³-hybridized carbons (Fsp3) is 0.793. The topological polar surface area (TPSA) is 87.6 Å². The van der Waals surface area contributed by atoms with E-state index in [1.807, 2.05) is 30.3 Å². The third-order valence-corrected chi connectivity index (χ3v) is 7.39. The fourth-order valence-corrected chi connectivity index (χ4v) is 5.39. The summed E-state index contributed by atoms with van der Waals surface area (Å²) in [6.45, 7) is 6.02. The summed E-state index contributed by atoms with van der Waals surface area (Å²) in [5.74, 6) is 0. The highest BCUT2D eigenvalue weighted by molar-refractivity contribution is 7.81. The highest BCUT2D eigenvalue weighted by Gasteiger charge is 2.27. The molecule has 5 nitrogen and oxygen atoms in total. The summed E-state index contributed by atoms with van der Waals surface area (Å²) < 4.78 is 34.7. The second-order valence-electron chi connectivity index (χ2n) is 10.4. The summed E-state index contributed by atoms with van der Waals surface area (Å²) in [5, 5.41) is 0. The van der Waals surface area contributed by atoms with Gasteiger partial charge in [-0.25, -0.2) is 8.37 Å². The molecule has 0 heterocycles. The molecule has 0 saturated heterocycles. The predicted octanol–water partition coefficient (Wildman–Crippen LogP) is 9.10. The summed E-state index contributed by atoms with van der Waals surface area (Å²) in [7, 11) is -3.98. The van der Waals surface area contributed by atoms with Crippen LogP contribution in [0.2, 0.25) is 0 Å². The van der Waals surface area contributed by atoms with Gasteiger partial charge in [0.25, 0.3) is 0 Å². The van der Waals surface area contributed by atoms with Crippen LogP contribution in [0, 0.1) is 0 Å². The number of hydrogen-bond acceptors (Lipinski definition) is 5. The minimum atomic E-state index is -3.98. The Kier molecular flexibility index (Phi) is 20.6. The van der Waals surface area contributed by atoms with Crippen molar-refractivity contribution in [2.24, 2.45) is 0 Å². The smallest absolute Gasteiger partial charge is 0.344 e. The van der Waals surface area contributed by atoms with E-state index < -0.39 is 16.0 Å². The highest BCUT2D eigenvalue weighted by atomic mass is 32.3. The number of unbranched alkanes of at least 4 members (excludes halogenated alkanes) is 16. The molecule has 0 saturated carbocycles. The highest BCUT2D eigenvalue weighted by Crippen LogP contribution is 2.21. The van der Waals surface area contributed by atoms with E-state index in [1.165, 1.54) is 89.9 Å². The van der Waals surface area contributed by atoms with E-state index in [0.717, 1.165) is 24.8 Å². The van der Waals surface area contributed by atoms with Crippen LogP contribution < -0.4 is 6.15 Å². The van der Waals surface area contributed by atoms with Gasteiger partial charge in [0.15, 0.2) is 0 Å². The Morgan fingerprint density at radius 3 is 1.49 bits per heavy atom. The molecule has 1 aromatic rings. The lowest BCUT2D eigenvalue weighted by Crippen LogP contribution is -2.31. The molecule has 1 rings (SSSR count). The van der Waals surface area contributed by atoms with Crippen molar-refractivity contribution >= 4 is 10.4 Å². The van der Waals surface area contributed by atoms with Gasteiger partial charge in [0.1, 0.15) is 0 Å². The molecule has 35 heavy (non-hydrogen) atoms. The SMILES string of the molecule is CCCCCCCCCCCCCCCCCCCOS(=O)(=O)OC(C)(C)Cc1ccccc1.N. The second-order valence-corrected chi connectivity index (χ2v) is 11.6. The quantitative estimate of drug-likeness (QED) is 0.147. The van der Waals surface area contributed by atoms with Gasteiger partial charge >= 0.3 is 10.4 Å². The van der Waals surface area contributed by atoms with Gasteiger partial charge in [-0.2, -0.15) is 8.42 Å². The van der Waals surface area contributed by atoms with E-state index in [4.69, 9.17) is 8.37 Å². The van der Waals surface area contributed by atoms with Crippen LogP contribution in [0.4, 0.5) is 0 Å². The molecule has 0 aliphatic heterocycles. The van der Waals surface area contributed by atoms with Crippen LogP contribution in [0.5, 0.6) is 0 Å². The average molecular weight is 514 g/mol. The molecule has 6 heteroatoms. The largest absolute Gasteiger partial charge is 0.400 e. The standard InChI is InChI=1S/C29H52O4S.H3N/c1-4-5-6-7-8-9-10-11-12-13-14-15-16-17-18-19-23-26-32-34(30,31)33-29(2,3)27-28-24-21-20-22-25-28;/h20-22,24-25H,4-19,23,26-27H2,1-3H3;1H3. The molecular formula is C29H55NO4S. The zero-order valence-corrected chi connectivity index (χ0v) is 23.9. The van der Waals surface area contributed by atoms with Crippen LogP contribution in [-0.4, -0.2) is 20.6 Å². The Hall–Kier alpha value is -0.950. The summed E-state index contributed by atoms with van der Waals surface area (Å²) in [5.41, 5.74) is 0.199. The van der Waals surface area contributed by atoms with Crippen molar-refractivity contribution in [2.75, 3.05) is 6.61 Å². The number of benzene rings is 1. The molecule has 3 N–H and O–H groups in total. The maximum Gasteiger partial charge on any atom is 0.400 e. The molecule has 0 unspecified atom stereocenters. The van der Waals surface area contributed by atoms with E-state index in [-0.39, 0.29) is 12.8 Å². The van der Waals surface area contributed by atoms with Crippen molar-refractivity contribution in [1.82, 2.24) is 6.15 Å². The molecule has 0 bridgehead atoms. The van der Waals surface area contributed by atoms with Crippen molar-refractivity contribution in [1.29, 1.82) is 0 Å². The monoisotopic (exact) mass is 513 g/mol. The lowest BCUT2D eigenvalue weighted by Gasteiger charge is -2.24. The molecule has 1 aromatic carbocycles. The van der Waals surface area contributed by atoms with Gasteiger partial charge in [0.2, 0.25) is 0 Å². The van der Waals surface area contributed by atoms with Crippen LogP contribution in [0.1, 0.15) is 135 Å². The van der Waals surface area contributed by atoms with Gasteiger partial charge in [-0.3, -0.25) is 0 Å². The Morgan fingerprint density at radius 2 is 1.06 bits per heavy atom. The van der Waals surface area contributed by atoms with Crippen molar-refractivity contribution in [3.05, 3.63) is 35.9 Å². The van der Waals surface area contributed by atoms with Crippen molar-refractivity contribution in [3.63, 3.8) is 0 Å². The summed E-state index contributed by atoms with van der Waals surface area (Å²) >= 11 is 0. The molecular weight excluding hydrogens is 458 g/mol. The molecule has 0 atom stereocenters. The molecule has 0 fully saturated rings. The van der Waals surface area contributed by atoms with E-state index >= 15 is 0 Å².